The van der Waals surface area contributed by atoms with Gasteiger partial charge in [-0.05, 0) is 6.92 Å². The summed E-state index contributed by atoms with van der Waals surface area (Å²) in [5.41, 5.74) is 0.0481. The van der Waals surface area contributed by atoms with Crippen LogP contribution in [-0.4, -0.2) is 9.97 Å². The van der Waals surface area contributed by atoms with Crippen LogP contribution in [0.4, 0.5) is 12.7 Å². The van der Waals surface area contributed by atoms with Gasteiger partial charge in [-0.3, -0.25) is 0 Å². The maximum Gasteiger partial charge on any atom is 0.167 e. The van der Waals surface area contributed by atoms with E-state index in [0.717, 1.165) is 0 Å². The zero-order valence-electron chi connectivity index (χ0n) is 9.52. The number of aromatic nitrogens is 2. The summed E-state index contributed by atoms with van der Waals surface area (Å²) in [4.78, 5) is 7.36. The van der Waals surface area contributed by atoms with E-state index in [1.54, 1.807) is 6.92 Å². The van der Waals surface area contributed by atoms with Crippen LogP contribution in [0.5, 0.6) is 0 Å². The van der Waals surface area contributed by atoms with Crippen molar-refractivity contribution in [2.75, 3.05) is 0 Å². The molecule has 0 saturated heterocycles. The van der Waals surface area contributed by atoms with Crippen LogP contribution in [0.25, 0.3) is 10.9 Å². The van der Waals surface area contributed by atoms with E-state index in [2.05, 4.69) is 9.97 Å². The average molecular weight is 293 g/mol. The van der Waals surface area contributed by atoms with E-state index in [1.165, 1.54) is 6.92 Å². The maximum absolute atomic E-state index is 14.0. The van der Waals surface area contributed by atoms with Gasteiger partial charge < -0.3 is 0 Å². The fourth-order valence-electron chi connectivity index (χ4n) is 1.69. The van der Waals surface area contributed by atoms with Crippen LogP contribution in [-0.2, 0) is 6.42 Å². The summed E-state index contributed by atoms with van der Waals surface area (Å²) in [6.07, 6.45) is 0.471. The Hall–Kier alpha value is -1.01. The van der Waals surface area contributed by atoms with Gasteiger partial charge in [0, 0.05) is 6.42 Å². The highest BCUT2D eigenvalue weighted by Crippen LogP contribution is 2.38. The Balaban J connectivity index is 2.98. The third-order valence-corrected chi connectivity index (χ3v) is 3.55. The van der Waals surface area contributed by atoms with Gasteiger partial charge in [-0.2, -0.15) is 3.89 Å². The van der Waals surface area contributed by atoms with E-state index in [9.17, 15) is 12.7 Å². The minimum absolute atomic E-state index is 0.104. The van der Waals surface area contributed by atoms with Gasteiger partial charge in [0.25, 0.3) is 0 Å². The standard InChI is InChI=1S/C11H8ClF3N2S/c1-3-5-16-4(2)6-8(13)7(12)11(18-15)9(14)10(6)17-5/h3H2,1-2H3. The van der Waals surface area contributed by atoms with Crippen molar-refractivity contribution in [2.45, 2.75) is 25.2 Å². The van der Waals surface area contributed by atoms with E-state index in [4.69, 9.17) is 11.6 Å². The molecule has 7 heteroatoms. The Kier molecular flexibility index (Phi) is 3.68. The highest BCUT2D eigenvalue weighted by molar-refractivity contribution is 7.94. The summed E-state index contributed by atoms with van der Waals surface area (Å²) in [5.74, 6) is -1.48. The molecule has 18 heavy (non-hydrogen) atoms. The lowest BCUT2D eigenvalue weighted by Gasteiger charge is -2.10. The monoisotopic (exact) mass is 292 g/mol. The molecular weight excluding hydrogens is 285 g/mol. The van der Waals surface area contributed by atoms with Crippen molar-refractivity contribution in [3.8, 4) is 0 Å². The van der Waals surface area contributed by atoms with Crippen molar-refractivity contribution < 1.29 is 12.7 Å². The Bertz CT molecular complexity index is 634. The van der Waals surface area contributed by atoms with E-state index in [0.29, 0.717) is 12.2 Å². The SMILES string of the molecule is CCc1nc(C)c2c(F)c(Cl)c(SF)c(F)c2n1. The lowest BCUT2D eigenvalue weighted by atomic mass is 10.1. The van der Waals surface area contributed by atoms with Crippen LogP contribution in [0, 0.1) is 18.6 Å². The average Bonchev–Trinajstić information content (AvgIpc) is 2.36. The lowest BCUT2D eigenvalue weighted by Crippen LogP contribution is -2.02. The fourth-order valence-corrected chi connectivity index (χ4v) is 2.28. The van der Waals surface area contributed by atoms with E-state index in [-0.39, 0.29) is 16.6 Å². The maximum atomic E-state index is 14.0. The zero-order chi connectivity index (χ0) is 13.4. The first kappa shape index (κ1) is 13.4. The summed E-state index contributed by atoms with van der Waals surface area (Å²) in [5, 5.41) is -0.684. The van der Waals surface area contributed by atoms with Gasteiger partial charge >= 0.3 is 0 Å². The molecule has 0 saturated carbocycles. The topological polar surface area (TPSA) is 25.8 Å². The predicted molar refractivity (Wildman–Crippen MR) is 65.5 cm³/mol. The summed E-state index contributed by atoms with van der Waals surface area (Å²) in [7, 11) is 0. The van der Waals surface area contributed by atoms with Crippen molar-refractivity contribution in [1.29, 1.82) is 0 Å². The van der Waals surface area contributed by atoms with Gasteiger partial charge in [-0.15, -0.1) is 0 Å². The van der Waals surface area contributed by atoms with Crippen LogP contribution in [0.2, 0.25) is 5.02 Å². The van der Waals surface area contributed by atoms with Gasteiger partial charge in [0.2, 0.25) is 0 Å². The van der Waals surface area contributed by atoms with Gasteiger partial charge in [0.1, 0.15) is 16.2 Å². The molecule has 0 N–H and O–H groups in total. The largest absolute Gasteiger partial charge is 0.237 e. The second kappa shape index (κ2) is 4.93. The molecule has 1 aromatic heterocycles. The quantitative estimate of drug-likeness (QED) is 0.767. The smallest absolute Gasteiger partial charge is 0.167 e. The molecule has 1 aromatic carbocycles. The van der Waals surface area contributed by atoms with E-state index in [1.807, 2.05) is 0 Å². The Morgan fingerprint density at radius 1 is 1.22 bits per heavy atom. The van der Waals surface area contributed by atoms with Crippen LogP contribution >= 0.6 is 23.7 Å². The number of hydrogen-bond donors (Lipinski definition) is 0. The first-order valence-electron chi connectivity index (χ1n) is 5.13. The predicted octanol–water partition coefficient (Wildman–Crippen LogP) is 4.41. The van der Waals surface area contributed by atoms with Crippen molar-refractivity contribution >= 4 is 34.7 Å². The minimum atomic E-state index is -0.955. The van der Waals surface area contributed by atoms with Gasteiger partial charge in [-0.1, -0.05) is 18.5 Å². The second-order valence-corrected chi connectivity index (χ2v) is 4.59. The van der Waals surface area contributed by atoms with Crippen molar-refractivity contribution in [3.05, 3.63) is 28.2 Å². The summed E-state index contributed by atoms with van der Waals surface area (Å²) >= 11 is 5.15. The molecule has 96 valence electrons. The number of fused-ring (bicyclic) bond motifs is 1. The number of rotatable bonds is 2. The van der Waals surface area contributed by atoms with Crippen LogP contribution in [0.15, 0.2) is 4.90 Å². The Labute approximate surface area is 111 Å². The van der Waals surface area contributed by atoms with Gasteiger partial charge in [0.05, 0.1) is 28.3 Å². The number of benzene rings is 1. The first-order valence-corrected chi connectivity index (χ1v) is 6.23. The first-order chi connectivity index (χ1) is 8.51. The molecule has 2 nitrogen and oxygen atoms in total. The molecule has 0 fully saturated rings. The van der Waals surface area contributed by atoms with Crippen LogP contribution in [0.1, 0.15) is 18.4 Å². The molecule has 0 bridgehead atoms. The zero-order valence-corrected chi connectivity index (χ0v) is 11.1. The van der Waals surface area contributed by atoms with Crippen molar-refractivity contribution in [1.82, 2.24) is 9.97 Å². The summed E-state index contributed by atoms with van der Waals surface area (Å²) < 4.78 is 40.6. The molecule has 0 radical (unpaired) electrons. The van der Waals surface area contributed by atoms with E-state index < -0.39 is 33.7 Å². The van der Waals surface area contributed by atoms with Gasteiger partial charge in [0.15, 0.2) is 11.6 Å². The molecule has 2 aromatic rings. The molecular formula is C11H8ClF3N2S. The summed E-state index contributed by atoms with van der Waals surface area (Å²) in [6.45, 7) is 3.32. The van der Waals surface area contributed by atoms with Crippen LogP contribution in [0.3, 0.4) is 0 Å². The normalized spacial score (nSPS) is 11.2. The number of aryl methyl sites for hydroxylation is 2. The molecule has 0 aliphatic carbocycles. The van der Waals surface area contributed by atoms with Crippen molar-refractivity contribution in [2.24, 2.45) is 0 Å². The number of halogens is 4. The molecule has 0 aliphatic heterocycles. The van der Waals surface area contributed by atoms with Crippen molar-refractivity contribution in [3.63, 3.8) is 0 Å². The molecule has 1 heterocycles. The second-order valence-electron chi connectivity index (χ2n) is 3.65. The highest BCUT2D eigenvalue weighted by Gasteiger charge is 2.22. The molecule has 0 spiro atoms. The Morgan fingerprint density at radius 2 is 1.89 bits per heavy atom. The molecule has 2 rings (SSSR count). The highest BCUT2D eigenvalue weighted by atomic mass is 35.5. The number of nitrogens with zero attached hydrogens (tertiary/aromatic N) is 2. The third-order valence-electron chi connectivity index (χ3n) is 2.55. The molecule has 0 unspecified atom stereocenters. The fraction of sp³-hybridized carbons (Fsp3) is 0.273. The van der Waals surface area contributed by atoms with E-state index >= 15 is 0 Å². The third kappa shape index (κ3) is 1.93. The molecule has 0 aliphatic rings. The minimum Gasteiger partial charge on any atom is -0.237 e. The molecule has 0 amide bonds. The summed E-state index contributed by atoms with van der Waals surface area (Å²) in [6, 6.07) is 0. The number of hydrogen-bond acceptors (Lipinski definition) is 3. The van der Waals surface area contributed by atoms with Crippen LogP contribution < -0.4 is 0 Å². The lowest BCUT2D eigenvalue weighted by molar-refractivity contribution is 0.588. The van der Waals surface area contributed by atoms with Gasteiger partial charge in [-0.25, -0.2) is 18.7 Å². The Morgan fingerprint density at radius 3 is 2.44 bits per heavy atom. The molecule has 0 atom stereocenters.